The van der Waals surface area contributed by atoms with Crippen LogP contribution in [0.25, 0.3) is 0 Å². The fourth-order valence-corrected chi connectivity index (χ4v) is 2.23. The summed E-state index contributed by atoms with van der Waals surface area (Å²) in [4.78, 5) is 13.3. The molecule has 1 aromatic rings. The van der Waals surface area contributed by atoms with Crippen molar-refractivity contribution < 1.29 is 4.79 Å². The van der Waals surface area contributed by atoms with E-state index in [1.807, 2.05) is 18.4 Å². The van der Waals surface area contributed by atoms with Crippen LogP contribution < -0.4 is 11.1 Å². The first-order chi connectivity index (χ1) is 7.76. The van der Waals surface area contributed by atoms with E-state index in [0.29, 0.717) is 18.8 Å². The van der Waals surface area contributed by atoms with E-state index < -0.39 is 0 Å². The molecular formula is C11H14N2OS2. The highest BCUT2D eigenvalue weighted by atomic mass is 32.2. The van der Waals surface area contributed by atoms with E-state index in [1.165, 1.54) is 11.8 Å². The van der Waals surface area contributed by atoms with Crippen LogP contribution in [0.4, 0.5) is 0 Å². The number of rotatable bonds is 4. The molecule has 1 aromatic heterocycles. The molecule has 16 heavy (non-hydrogen) atoms. The maximum atomic E-state index is 11.2. The number of carbonyl (C=O) groups excluding carboxylic acids is 1. The Morgan fingerprint density at radius 2 is 2.44 bits per heavy atom. The molecule has 86 valence electrons. The maximum Gasteiger partial charge on any atom is 0.230 e. The standard InChI is InChI=1S/C11H14N2OS2/c1-15-8-11(14)13-7-10-5-4-9(16-10)3-2-6-12/h4-5H,6-8,12H2,1H3,(H,13,14). The molecule has 0 unspecified atom stereocenters. The van der Waals surface area contributed by atoms with Gasteiger partial charge < -0.3 is 11.1 Å². The van der Waals surface area contributed by atoms with Gasteiger partial charge in [-0.15, -0.1) is 11.3 Å². The molecule has 0 fully saturated rings. The van der Waals surface area contributed by atoms with Crippen LogP contribution in [-0.4, -0.2) is 24.5 Å². The largest absolute Gasteiger partial charge is 0.350 e. The second-order valence-corrected chi connectivity index (χ2v) is 5.02. The van der Waals surface area contributed by atoms with Gasteiger partial charge in [0.1, 0.15) is 0 Å². The third-order valence-electron chi connectivity index (χ3n) is 1.71. The van der Waals surface area contributed by atoms with Crippen molar-refractivity contribution in [3.05, 3.63) is 21.9 Å². The number of nitrogens with two attached hydrogens (primary N) is 1. The van der Waals surface area contributed by atoms with E-state index in [-0.39, 0.29) is 5.91 Å². The van der Waals surface area contributed by atoms with Gasteiger partial charge in [-0.05, 0) is 18.4 Å². The van der Waals surface area contributed by atoms with Crippen LogP contribution >= 0.6 is 23.1 Å². The molecule has 0 aliphatic rings. The lowest BCUT2D eigenvalue weighted by Crippen LogP contribution is -2.23. The summed E-state index contributed by atoms with van der Waals surface area (Å²) >= 11 is 3.10. The highest BCUT2D eigenvalue weighted by Crippen LogP contribution is 2.14. The van der Waals surface area contributed by atoms with E-state index in [0.717, 1.165) is 9.75 Å². The molecule has 0 aliphatic carbocycles. The van der Waals surface area contributed by atoms with Gasteiger partial charge in [0.25, 0.3) is 0 Å². The number of hydrogen-bond acceptors (Lipinski definition) is 4. The summed E-state index contributed by atoms with van der Waals surface area (Å²) in [7, 11) is 0. The van der Waals surface area contributed by atoms with Gasteiger partial charge in [0.2, 0.25) is 5.91 Å². The number of carbonyl (C=O) groups is 1. The van der Waals surface area contributed by atoms with Gasteiger partial charge in [0.05, 0.1) is 23.7 Å². The topological polar surface area (TPSA) is 55.1 Å². The van der Waals surface area contributed by atoms with Crippen molar-refractivity contribution in [3.63, 3.8) is 0 Å². The molecule has 5 heteroatoms. The van der Waals surface area contributed by atoms with Crippen LogP contribution in [0.3, 0.4) is 0 Å². The summed E-state index contributed by atoms with van der Waals surface area (Å²) in [5.74, 6) is 6.34. The lowest BCUT2D eigenvalue weighted by molar-refractivity contribution is -0.118. The minimum atomic E-state index is 0.0653. The molecule has 0 atom stereocenters. The van der Waals surface area contributed by atoms with Gasteiger partial charge in [-0.25, -0.2) is 0 Å². The lowest BCUT2D eigenvalue weighted by Gasteiger charge is -2.00. The van der Waals surface area contributed by atoms with Gasteiger partial charge in [0, 0.05) is 4.88 Å². The quantitative estimate of drug-likeness (QED) is 0.789. The van der Waals surface area contributed by atoms with Crippen molar-refractivity contribution in [2.45, 2.75) is 6.54 Å². The highest BCUT2D eigenvalue weighted by molar-refractivity contribution is 7.99. The zero-order valence-corrected chi connectivity index (χ0v) is 10.7. The predicted octanol–water partition coefficient (Wildman–Crippen LogP) is 1.04. The van der Waals surface area contributed by atoms with E-state index in [9.17, 15) is 4.79 Å². The Hall–Kier alpha value is -0.960. The second-order valence-electron chi connectivity index (χ2n) is 2.98. The number of nitrogens with one attached hydrogen (secondary N) is 1. The second kappa shape index (κ2) is 7.34. The minimum absolute atomic E-state index is 0.0653. The Morgan fingerprint density at radius 1 is 1.62 bits per heavy atom. The number of amides is 1. The molecule has 3 nitrogen and oxygen atoms in total. The van der Waals surface area contributed by atoms with E-state index in [1.54, 1.807) is 11.3 Å². The van der Waals surface area contributed by atoms with E-state index in [2.05, 4.69) is 17.2 Å². The third-order valence-corrected chi connectivity index (χ3v) is 3.26. The van der Waals surface area contributed by atoms with Crippen molar-refractivity contribution in [2.24, 2.45) is 5.73 Å². The van der Waals surface area contributed by atoms with E-state index >= 15 is 0 Å². The van der Waals surface area contributed by atoms with Crippen molar-refractivity contribution in [2.75, 3.05) is 18.6 Å². The van der Waals surface area contributed by atoms with Crippen molar-refractivity contribution in [1.82, 2.24) is 5.32 Å². The molecule has 1 rings (SSSR count). The highest BCUT2D eigenvalue weighted by Gasteiger charge is 2.01. The van der Waals surface area contributed by atoms with Crippen LogP contribution in [0.15, 0.2) is 12.1 Å². The molecule has 1 heterocycles. The van der Waals surface area contributed by atoms with Gasteiger partial charge in [-0.3, -0.25) is 4.79 Å². The lowest BCUT2D eigenvalue weighted by atomic mass is 10.4. The zero-order chi connectivity index (χ0) is 11.8. The number of hydrogen-bond donors (Lipinski definition) is 2. The smallest absolute Gasteiger partial charge is 0.230 e. The van der Waals surface area contributed by atoms with Gasteiger partial charge in [-0.2, -0.15) is 11.8 Å². The summed E-state index contributed by atoms with van der Waals surface area (Å²) in [5, 5.41) is 2.85. The Balaban J connectivity index is 2.43. The number of thioether (sulfide) groups is 1. The normalized spacial score (nSPS) is 9.38. The van der Waals surface area contributed by atoms with Crippen LogP contribution in [0.5, 0.6) is 0 Å². The van der Waals surface area contributed by atoms with Crippen LogP contribution in [-0.2, 0) is 11.3 Å². The van der Waals surface area contributed by atoms with Crippen LogP contribution in [0.2, 0.25) is 0 Å². The molecule has 3 N–H and O–H groups in total. The molecule has 0 aromatic carbocycles. The van der Waals surface area contributed by atoms with Gasteiger partial charge in [-0.1, -0.05) is 11.8 Å². The van der Waals surface area contributed by atoms with Crippen molar-refractivity contribution in [3.8, 4) is 11.8 Å². The first-order valence-electron chi connectivity index (χ1n) is 4.79. The first kappa shape index (κ1) is 13.1. The SMILES string of the molecule is CSCC(=O)NCc1ccc(C#CCN)s1. The molecule has 0 spiro atoms. The van der Waals surface area contributed by atoms with Crippen molar-refractivity contribution in [1.29, 1.82) is 0 Å². The average molecular weight is 254 g/mol. The molecule has 0 aliphatic heterocycles. The molecular weight excluding hydrogens is 240 g/mol. The minimum Gasteiger partial charge on any atom is -0.350 e. The average Bonchev–Trinajstić information content (AvgIpc) is 2.72. The fraction of sp³-hybridized carbons (Fsp3) is 0.364. The summed E-state index contributed by atoms with van der Waals surface area (Å²) in [6.07, 6.45) is 1.91. The molecule has 0 saturated carbocycles. The first-order valence-corrected chi connectivity index (χ1v) is 7.00. The van der Waals surface area contributed by atoms with E-state index in [4.69, 9.17) is 5.73 Å². The number of thiophene rings is 1. The summed E-state index contributed by atoms with van der Waals surface area (Å²) in [6, 6.07) is 3.92. The summed E-state index contributed by atoms with van der Waals surface area (Å²) in [6.45, 7) is 0.950. The Labute approximate surface area is 104 Å². The monoisotopic (exact) mass is 254 g/mol. The molecule has 0 radical (unpaired) electrons. The van der Waals surface area contributed by atoms with Gasteiger partial charge >= 0.3 is 0 Å². The Kier molecular flexibility index (Phi) is 6.01. The summed E-state index contributed by atoms with van der Waals surface area (Å²) < 4.78 is 0. The molecule has 0 saturated heterocycles. The van der Waals surface area contributed by atoms with Gasteiger partial charge in [0.15, 0.2) is 0 Å². The summed E-state index contributed by atoms with van der Waals surface area (Å²) in [5.41, 5.74) is 5.29. The third kappa shape index (κ3) is 4.71. The maximum absolute atomic E-state index is 11.2. The molecule has 1 amide bonds. The van der Waals surface area contributed by atoms with Crippen molar-refractivity contribution >= 4 is 29.0 Å². The van der Waals surface area contributed by atoms with Crippen LogP contribution in [0.1, 0.15) is 9.75 Å². The predicted molar refractivity (Wildman–Crippen MR) is 70.5 cm³/mol. The molecule has 0 bridgehead atoms. The van der Waals surface area contributed by atoms with Crippen LogP contribution in [0, 0.1) is 11.8 Å². The Morgan fingerprint density at radius 3 is 3.12 bits per heavy atom. The fourth-order valence-electron chi connectivity index (χ4n) is 1.05. The zero-order valence-electron chi connectivity index (χ0n) is 9.08. The Bertz CT molecular complexity index is 404.